The van der Waals surface area contributed by atoms with Crippen LogP contribution in [0.3, 0.4) is 0 Å². The Morgan fingerprint density at radius 1 is 1.15 bits per heavy atom. The molecule has 0 aromatic heterocycles. The first kappa shape index (κ1) is 18.8. The molecule has 0 aliphatic heterocycles. The first-order valence-corrected chi connectivity index (χ1v) is 7.60. The summed E-state index contributed by atoms with van der Waals surface area (Å²) in [6, 6.07) is 4.33. The minimum atomic E-state index is -1.40. The molecular weight excluding hydrogens is 344 g/mol. The molecule has 0 aliphatic rings. The molecule has 2 rings (SSSR count). The Kier molecular flexibility index (Phi) is 5.15. The maximum absolute atomic E-state index is 12.1. The van der Waals surface area contributed by atoms with Crippen LogP contribution in [0.25, 0.3) is 0 Å². The summed E-state index contributed by atoms with van der Waals surface area (Å²) in [6.45, 7) is 1.68. The van der Waals surface area contributed by atoms with E-state index in [0.717, 1.165) is 5.01 Å². The van der Waals surface area contributed by atoms with Crippen molar-refractivity contribution in [2.24, 2.45) is 0 Å². The number of amides is 2. The number of phenols is 1. The Hall–Kier alpha value is -3.56. The number of carbonyl (C=O) groups is 2. The van der Waals surface area contributed by atoms with E-state index in [0.29, 0.717) is 0 Å². The van der Waals surface area contributed by atoms with Crippen LogP contribution >= 0.6 is 0 Å². The van der Waals surface area contributed by atoms with E-state index in [1.165, 1.54) is 37.2 Å². The average Bonchev–Trinajstić information content (AvgIpc) is 2.60. The second-order valence-electron chi connectivity index (χ2n) is 5.57. The van der Waals surface area contributed by atoms with Crippen molar-refractivity contribution in [2.75, 3.05) is 31.0 Å². The zero-order valence-corrected chi connectivity index (χ0v) is 14.4. The van der Waals surface area contributed by atoms with Crippen molar-refractivity contribution in [3.05, 3.63) is 44.2 Å². The Labute approximate surface area is 147 Å². The number of benzene rings is 1. The molecule has 2 amide bonds. The zero-order valence-electron chi connectivity index (χ0n) is 14.4. The van der Waals surface area contributed by atoms with Crippen LogP contribution in [0, 0.1) is 0 Å². The maximum Gasteiger partial charge on any atom is 0.423 e. The molecule has 138 valence electrons. The topological polar surface area (TPSA) is 139 Å². The molecule has 0 heterocycles. The smallest absolute Gasteiger partial charge is 0.423 e. The number of hydrogen-bond acceptors (Lipinski definition) is 7. The van der Waals surface area contributed by atoms with E-state index in [2.05, 4.69) is 5.32 Å². The molecule has 0 aliphatic carbocycles. The van der Waals surface area contributed by atoms with Crippen molar-refractivity contribution in [1.82, 2.24) is 10.3 Å². The normalized spacial score (nSPS) is 10.4. The lowest BCUT2D eigenvalue weighted by Gasteiger charge is -2.25. The number of hydrogen-bond donors (Lipinski definition) is 4. The monoisotopic (exact) mass is 362 g/mol. The lowest BCUT2D eigenvalue weighted by molar-refractivity contribution is 0.0824. The molecule has 2 aromatic carbocycles. The van der Waals surface area contributed by atoms with Gasteiger partial charge in [0, 0.05) is 20.6 Å². The van der Waals surface area contributed by atoms with Gasteiger partial charge in [0.25, 0.3) is 16.8 Å². The first-order chi connectivity index (χ1) is 12.2. The van der Waals surface area contributed by atoms with E-state index >= 15 is 0 Å². The largest absolute Gasteiger partial charge is 0.505 e. The summed E-state index contributed by atoms with van der Waals surface area (Å²) in [6.07, 6.45) is -1.40. The molecule has 10 nitrogen and oxygen atoms in total. The van der Waals surface area contributed by atoms with Crippen molar-refractivity contribution in [2.45, 2.75) is 6.92 Å². The Balaban J connectivity index is 2.42. The quantitative estimate of drug-likeness (QED) is 0.330. The predicted molar refractivity (Wildman–Crippen MR) is 94.9 cm³/mol. The molecule has 10 heteroatoms. The number of nitrogens with one attached hydrogen (secondary N) is 2. The fraction of sp³-hybridized carbons (Fsp3) is 0.250. The summed E-state index contributed by atoms with van der Waals surface area (Å²) in [5.74, 6) is -0.835. The van der Waals surface area contributed by atoms with Gasteiger partial charge in [-0.2, -0.15) is 0 Å². The molecule has 0 spiro atoms. The standard InChI is InChI=1S/C16H18N4O6/c1-4-20(18-16(25)26)11-10(13(22)14(11)23)17-9-7-5-6-8(12(9)21)15(24)19(2)3/h5-7,17-18,21H,4H2,1-3H3,(H,25,26). The van der Waals surface area contributed by atoms with Crippen LogP contribution in [-0.4, -0.2) is 47.8 Å². The predicted octanol–water partition coefficient (Wildman–Crippen LogP) is 0.443. The lowest BCUT2D eigenvalue weighted by Crippen LogP contribution is -2.49. The molecule has 26 heavy (non-hydrogen) atoms. The van der Waals surface area contributed by atoms with E-state index in [1.54, 1.807) is 6.92 Å². The number of hydrazine groups is 1. The highest BCUT2D eigenvalue weighted by atomic mass is 16.4. The van der Waals surface area contributed by atoms with Crippen LogP contribution in [0.15, 0.2) is 27.8 Å². The molecule has 0 radical (unpaired) electrons. The highest BCUT2D eigenvalue weighted by Crippen LogP contribution is 2.32. The van der Waals surface area contributed by atoms with Gasteiger partial charge in [-0.25, -0.2) is 10.2 Å². The fourth-order valence-corrected chi connectivity index (χ4v) is 2.35. The summed E-state index contributed by atoms with van der Waals surface area (Å²) in [4.78, 5) is 47.9. The van der Waals surface area contributed by atoms with Crippen molar-refractivity contribution in [3.8, 4) is 5.75 Å². The van der Waals surface area contributed by atoms with Crippen molar-refractivity contribution < 1.29 is 19.8 Å². The molecule has 4 N–H and O–H groups in total. The van der Waals surface area contributed by atoms with E-state index in [9.17, 15) is 24.3 Å². The summed E-state index contributed by atoms with van der Waals surface area (Å²) >= 11 is 0. The molecule has 0 unspecified atom stereocenters. The minimum Gasteiger partial charge on any atom is -0.505 e. The first-order valence-electron chi connectivity index (χ1n) is 7.60. The zero-order chi connectivity index (χ0) is 19.6. The molecular formula is C16H18N4O6. The number of carboxylic acid groups (broad SMARTS) is 1. The molecule has 0 atom stereocenters. The van der Waals surface area contributed by atoms with Gasteiger partial charge in [0.05, 0.1) is 11.3 Å². The number of nitrogens with zero attached hydrogens (tertiary/aromatic N) is 2. The second kappa shape index (κ2) is 7.13. The Morgan fingerprint density at radius 2 is 1.81 bits per heavy atom. The van der Waals surface area contributed by atoms with E-state index < -0.39 is 22.9 Å². The van der Waals surface area contributed by atoms with Gasteiger partial charge in [-0.05, 0) is 19.1 Å². The molecule has 0 bridgehead atoms. The van der Waals surface area contributed by atoms with E-state index in [-0.39, 0.29) is 34.9 Å². The van der Waals surface area contributed by atoms with E-state index in [1.807, 2.05) is 5.43 Å². The van der Waals surface area contributed by atoms with Crippen molar-refractivity contribution >= 4 is 29.1 Å². The van der Waals surface area contributed by atoms with Crippen LogP contribution in [-0.2, 0) is 0 Å². The maximum atomic E-state index is 12.1. The average molecular weight is 362 g/mol. The fourth-order valence-electron chi connectivity index (χ4n) is 2.35. The van der Waals surface area contributed by atoms with Crippen LogP contribution in [0.2, 0.25) is 0 Å². The van der Waals surface area contributed by atoms with E-state index in [4.69, 9.17) is 5.11 Å². The molecule has 0 saturated carbocycles. The highest BCUT2D eigenvalue weighted by Gasteiger charge is 2.27. The Morgan fingerprint density at radius 3 is 2.35 bits per heavy atom. The molecule has 0 fully saturated rings. The third-order valence-corrected chi connectivity index (χ3v) is 3.63. The number of phenolic OH excluding ortho intramolecular Hbond substituents is 1. The van der Waals surface area contributed by atoms with Gasteiger partial charge in [0.15, 0.2) is 5.75 Å². The molecule has 0 saturated heterocycles. The Bertz CT molecular complexity index is 929. The van der Waals surface area contributed by atoms with Gasteiger partial charge in [0.2, 0.25) is 0 Å². The second-order valence-corrected chi connectivity index (χ2v) is 5.57. The summed E-state index contributed by atoms with van der Waals surface area (Å²) in [7, 11) is 3.04. The molecule has 2 aromatic rings. The minimum absolute atomic E-state index is 0.0104. The summed E-state index contributed by atoms with van der Waals surface area (Å²) in [5, 5.41) is 22.7. The highest BCUT2D eigenvalue weighted by molar-refractivity contribution is 5.99. The number of rotatable bonds is 6. The number of para-hydroxylation sites is 1. The van der Waals surface area contributed by atoms with Gasteiger partial charge in [0.1, 0.15) is 11.4 Å². The van der Waals surface area contributed by atoms with Gasteiger partial charge in [-0.1, -0.05) is 6.07 Å². The van der Waals surface area contributed by atoms with Gasteiger partial charge >= 0.3 is 6.09 Å². The lowest BCUT2D eigenvalue weighted by atomic mass is 10.1. The van der Waals surface area contributed by atoms with Gasteiger partial charge < -0.3 is 20.4 Å². The summed E-state index contributed by atoms with van der Waals surface area (Å²) < 4.78 is 0. The van der Waals surface area contributed by atoms with Gasteiger partial charge in [-0.3, -0.25) is 19.4 Å². The van der Waals surface area contributed by atoms with Gasteiger partial charge in [-0.15, -0.1) is 0 Å². The van der Waals surface area contributed by atoms with Crippen molar-refractivity contribution in [3.63, 3.8) is 0 Å². The third-order valence-electron chi connectivity index (χ3n) is 3.63. The van der Waals surface area contributed by atoms with Crippen LogP contribution in [0.1, 0.15) is 17.3 Å². The van der Waals surface area contributed by atoms with Crippen LogP contribution in [0.4, 0.5) is 21.9 Å². The van der Waals surface area contributed by atoms with Crippen LogP contribution in [0.5, 0.6) is 5.75 Å². The third kappa shape index (κ3) is 3.29. The summed E-state index contributed by atoms with van der Waals surface area (Å²) in [5.41, 5.74) is 0.0179. The number of anilines is 3. The van der Waals surface area contributed by atoms with Crippen molar-refractivity contribution in [1.29, 1.82) is 0 Å². The SMILES string of the molecule is CCN(NC(=O)O)c1c(Nc2cccc(C(=O)N(C)C)c2O)c(=O)c1=O. The number of aromatic hydroxyl groups is 1. The van der Waals surface area contributed by atoms with Crippen LogP contribution < -0.4 is 26.6 Å². The number of carbonyl (C=O) groups excluding carboxylic acids is 1.